The van der Waals surface area contributed by atoms with E-state index in [1.54, 1.807) is 12.1 Å². The quantitative estimate of drug-likeness (QED) is 0.850. The Hall–Kier alpha value is -1.06. The average molecular weight is 241 g/mol. The van der Waals surface area contributed by atoms with Crippen LogP contribution in [0.4, 0.5) is 5.69 Å². The largest absolute Gasteiger partial charge is 0.329 e. The van der Waals surface area contributed by atoms with Gasteiger partial charge >= 0.3 is 0 Å². The van der Waals surface area contributed by atoms with E-state index in [0.717, 1.165) is 0 Å². The standard InChI is InChI=1S/C12H17ClN2O/c1-3-12(2,8-14)11(16)15-10-7-5-4-6-9(10)13/h4-7H,3,8,14H2,1-2H3,(H,15,16). The van der Waals surface area contributed by atoms with Crippen molar-refractivity contribution in [3.8, 4) is 0 Å². The molecule has 0 aliphatic carbocycles. The molecule has 0 fully saturated rings. The first-order chi connectivity index (χ1) is 7.53. The molecule has 0 heterocycles. The van der Waals surface area contributed by atoms with Crippen LogP contribution in [0.5, 0.6) is 0 Å². The number of amides is 1. The van der Waals surface area contributed by atoms with Gasteiger partial charge in [-0.1, -0.05) is 30.7 Å². The van der Waals surface area contributed by atoms with Gasteiger partial charge in [0.05, 0.1) is 16.1 Å². The molecular weight excluding hydrogens is 224 g/mol. The van der Waals surface area contributed by atoms with Crippen LogP contribution < -0.4 is 11.1 Å². The Balaban J connectivity index is 2.83. The summed E-state index contributed by atoms with van der Waals surface area (Å²) in [5.74, 6) is -0.0920. The summed E-state index contributed by atoms with van der Waals surface area (Å²) in [5.41, 5.74) is 5.70. The number of para-hydroxylation sites is 1. The lowest BCUT2D eigenvalue weighted by Gasteiger charge is -2.25. The van der Waals surface area contributed by atoms with E-state index in [0.29, 0.717) is 23.7 Å². The normalized spacial score (nSPS) is 14.2. The molecule has 88 valence electrons. The highest BCUT2D eigenvalue weighted by molar-refractivity contribution is 6.33. The Bertz CT molecular complexity index is 375. The van der Waals surface area contributed by atoms with Crippen LogP contribution in [-0.4, -0.2) is 12.5 Å². The number of nitrogens with one attached hydrogen (secondary N) is 1. The smallest absolute Gasteiger partial charge is 0.231 e. The van der Waals surface area contributed by atoms with Crippen LogP contribution in [0.25, 0.3) is 0 Å². The second-order valence-electron chi connectivity index (χ2n) is 4.05. The van der Waals surface area contributed by atoms with Gasteiger partial charge in [0, 0.05) is 6.54 Å². The number of nitrogens with two attached hydrogens (primary N) is 1. The molecule has 3 N–H and O–H groups in total. The third-order valence-corrected chi connectivity index (χ3v) is 3.23. The summed E-state index contributed by atoms with van der Waals surface area (Å²) in [7, 11) is 0. The van der Waals surface area contributed by atoms with E-state index < -0.39 is 5.41 Å². The van der Waals surface area contributed by atoms with Crippen molar-refractivity contribution in [2.75, 3.05) is 11.9 Å². The summed E-state index contributed by atoms with van der Waals surface area (Å²) in [5, 5.41) is 3.34. The second kappa shape index (κ2) is 5.32. The average Bonchev–Trinajstić information content (AvgIpc) is 2.31. The molecule has 0 bridgehead atoms. The van der Waals surface area contributed by atoms with Crippen LogP contribution in [-0.2, 0) is 4.79 Å². The molecule has 1 unspecified atom stereocenters. The monoisotopic (exact) mass is 240 g/mol. The van der Waals surface area contributed by atoms with Crippen molar-refractivity contribution in [3.05, 3.63) is 29.3 Å². The van der Waals surface area contributed by atoms with Gasteiger partial charge in [0.25, 0.3) is 0 Å². The van der Waals surface area contributed by atoms with E-state index in [1.807, 2.05) is 26.0 Å². The van der Waals surface area contributed by atoms with Gasteiger partial charge in [-0.15, -0.1) is 0 Å². The molecule has 1 rings (SSSR count). The Labute approximate surface area is 101 Å². The van der Waals surface area contributed by atoms with Crippen LogP contribution in [0.2, 0.25) is 5.02 Å². The zero-order chi connectivity index (χ0) is 12.2. The minimum absolute atomic E-state index is 0.0920. The van der Waals surface area contributed by atoms with Gasteiger partial charge < -0.3 is 11.1 Å². The lowest BCUT2D eigenvalue weighted by atomic mass is 9.86. The predicted molar refractivity (Wildman–Crippen MR) is 67.5 cm³/mol. The second-order valence-corrected chi connectivity index (χ2v) is 4.46. The molecule has 1 aromatic rings. The van der Waals surface area contributed by atoms with E-state index in [-0.39, 0.29) is 5.91 Å². The maximum atomic E-state index is 12.0. The lowest BCUT2D eigenvalue weighted by Crippen LogP contribution is -2.39. The Morgan fingerprint density at radius 1 is 1.50 bits per heavy atom. The third kappa shape index (κ3) is 2.74. The van der Waals surface area contributed by atoms with Gasteiger partial charge in [0.1, 0.15) is 0 Å². The highest BCUT2D eigenvalue weighted by Crippen LogP contribution is 2.25. The molecule has 0 spiro atoms. The summed E-state index contributed by atoms with van der Waals surface area (Å²) in [4.78, 5) is 12.0. The fraction of sp³-hybridized carbons (Fsp3) is 0.417. The maximum Gasteiger partial charge on any atom is 0.231 e. The molecule has 16 heavy (non-hydrogen) atoms. The molecule has 1 amide bonds. The number of anilines is 1. The maximum absolute atomic E-state index is 12.0. The van der Waals surface area contributed by atoms with Crippen molar-refractivity contribution < 1.29 is 4.79 Å². The first-order valence-electron chi connectivity index (χ1n) is 5.29. The van der Waals surface area contributed by atoms with Gasteiger partial charge in [-0.2, -0.15) is 0 Å². The summed E-state index contributed by atoms with van der Waals surface area (Å²) in [6, 6.07) is 7.16. The molecule has 0 saturated carbocycles. The highest BCUT2D eigenvalue weighted by atomic mass is 35.5. The first kappa shape index (κ1) is 13.0. The van der Waals surface area contributed by atoms with Crippen LogP contribution in [0, 0.1) is 5.41 Å². The summed E-state index contributed by atoms with van der Waals surface area (Å²) < 4.78 is 0. The van der Waals surface area contributed by atoms with Crippen LogP contribution in [0.15, 0.2) is 24.3 Å². The zero-order valence-electron chi connectivity index (χ0n) is 9.59. The van der Waals surface area contributed by atoms with Crippen molar-refractivity contribution in [1.29, 1.82) is 0 Å². The summed E-state index contributed by atoms with van der Waals surface area (Å²) >= 11 is 5.96. The molecule has 4 heteroatoms. The topological polar surface area (TPSA) is 55.1 Å². The number of hydrogen-bond acceptors (Lipinski definition) is 2. The molecule has 0 aliphatic rings. The lowest BCUT2D eigenvalue weighted by molar-refractivity contribution is -0.124. The highest BCUT2D eigenvalue weighted by Gasteiger charge is 2.29. The Morgan fingerprint density at radius 2 is 2.12 bits per heavy atom. The van der Waals surface area contributed by atoms with Gasteiger partial charge in [-0.3, -0.25) is 4.79 Å². The van der Waals surface area contributed by atoms with Crippen LogP contribution >= 0.6 is 11.6 Å². The number of rotatable bonds is 4. The SMILES string of the molecule is CCC(C)(CN)C(=O)Nc1ccccc1Cl. The molecule has 1 atom stereocenters. The molecule has 3 nitrogen and oxygen atoms in total. The van der Waals surface area contributed by atoms with E-state index >= 15 is 0 Å². The van der Waals surface area contributed by atoms with Crippen molar-refractivity contribution >= 4 is 23.2 Å². The Morgan fingerprint density at radius 3 is 2.62 bits per heavy atom. The molecule has 1 aromatic carbocycles. The van der Waals surface area contributed by atoms with Crippen molar-refractivity contribution in [1.82, 2.24) is 0 Å². The third-order valence-electron chi connectivity index (χ3n) is 2.90. The van der Waals surface area contributed by atoms with Crippen LogP contribution in [0.3, 0.4) is 0 Å². The first-order valence-corrected chi connectivity index (χ1v) is 5.67. The van der Waals surface area contributed by atoms with Crippen LogP contribution in [0.1, 0.15) is 20.3 Å². The van der Waals surface area contributed by atoms with Gasteiger partial charge in [-0.25, -0.2) is 0 Å². The van der Waals surface area contributed by atoms with E-state index in [9.17, 15) is 4.79 Å². The number of carbonyl (C=O) groups excluding carboxylic acids is 1. The summed E-state index contributed by atoms with van der Waals surface area (Å²) in [6.45, 7) is 4.11. The van der Waals surface area contributed by atoms with Gasteiger partial charge in [0.2, 0.25) is 5.91 Å². The number of carbonyl (C=O) groups is 1. The summed E-state index contributed by atoms with van der Waals surface area (Å²) in [6.07, 6.45) is 0.694. The molecule has 0 aliphatic heterocycles. The zero-order valence-corrected chi connectivity index (χ0v) is 10.3. The number of benzene rings is 1. The minimum Gasteiger partial charge on any atom is -0.329 e. The van der Waals surface area contributed by atoms with Crippen molar-refractivity contribution in [2.24, 2.45) is 11.1 Å². The number of halogens is 1. The van der Waals surface area contributed by atoms with Gasteiger partial charge in [0.15, 0.2) is 0 Å². The number of hydrogen-bond donors (Lipinski definition) is 2. The van der Waals surface area contributed by atoms with Crippen molar-refractivity contribution in [3.63, 3.8) is 0 Å². The van der Waals surface area contributed by atoms with Gasteiger partial charge in [-0.05, 0) is 25.5 Å². The fourth-order valence-electron chi connectivity index (χ4n) is 1.23. The van der Waals surface area contributed by atoms with Crippen molar-refractivity contribution in [2.45, 2.75) is 20.3 Å². The molecule has 0 aromatic heterocycles. The predicted octanol–water partition coefficient (Wildman–Crippen LogP) is 2.65. The fourth-order valence-corrected chi connectivity index (χ4v) is 1.42. The Kier molecular flexibility index (Phi) is 4.33. The van der Waals surface area contributed by atoms with E-state index in [1.165, 1.54) is 0 Å². The molecule has 0 radical (unpaired) electrons. The van der Waals surface area contributed by atoms with E-state index in [2.05, 4.69) is 5.32 Å². The molecule has 0 saturated heterocycles. The van der Waals surface area contributed by atoms with E-state index in [4.69, 9.17) is 17.3 Å². The minimum atomic E-state index is -0.542. The molecular formula is C12H17ClN2O.